The second-order valence-corrected chi connectivity index (χ2v) is 6.38. The predicted octanol–water partition coefficient (Wildman–Crippen LogP) is 3.69. The summed E-state index contributed by atoms with van der Waals surface area (Å²) >= 11 is 0. The van der Waals surface area contributed by atoms with Gasteiger partial charge in [-0.2, -0.15) is 0 Å². The van der Waals surface area contributed by atoms with E-state index in [9.17, 15) is 4.39 Å². The van der Waals surface area contributed by atoms with E-state index < -0.39 is 0 Å². The van der Waals surface area contributed by atoms with Gasteiger partial charge in [-0.05, 0) is 42.0 Å². The zero-order chi connectivity index (χ0) is 14.5. The van der Waals surface area contributed by atoms with Crippen LogP contribution in [0.15, 0.2) is 18.2 Å². The molecule has 0 saturated heterocycles. The highest BCUT2D eigenvalue weighted by Gasteiger charge is 2.23. The molecule has 1 saturated carbocycles. The first-order valence-corrected chi connectivity index (χ1v) is 7.81. The SMILES string of the molecule is CC(C)CN(Cc1ccc(F)cc1CN)C1CCCC1. The average Bonchev–Trinajstić information content (AvgIpc) is 2.93. The highest BCUT2D eigenvalue weighted by Crippen LogP contribution is 2.26. The lowest BCUT2D eigenvalue weighted by atomic mass is 10.0. The maximum atomic E-state index is 13.3. The van der Waals surface area contributed by atoms with Crippen LogP contribution >= 0.6 is 0 Å². The summed E-state index contributed by atoms with van der Waals surface area (Å²) in [5.74, 6) is 0.461. The Hall–Kier alpha value is -0.930. The summed E-state index contributed by atoms with van der Waals surface area (Å²) in [6.07, 6.45) is 5.27. The van der Waals surface area contributed by atoms with Crippen molar-refractivity contribution in [1.29, 1.82) is 0 Å². The summed E-state index contributed by atoms with van der Waals surface area (Å²) in [6, 6.07) is 5.72. The van der Waals surface area contributed by atoms with E-state index in [4.69, 9.17) is 5.73 Å². The van der Waals surface area contributed by atoms with E-state index in [1.165, 1.54) is 31.2 Å². The maximum Gasteiger partial charge on any atom is 0.123 e. The molecule has 1 aromatic rings. The standard InChI is InChI=1S/C17H27FN2/c1-13(2)11-20(17-5-3-4-6-17)12-14-7-8-16(18)9-15(14)10-19/h7-9,13,17H,3-6,10-12,19H2,1-2H3. The number of hydrogen-bond donors (Lipinski definition) is 1. The molecule has 0 aromatic heterocycles. The van der Waals surface area contributed by atoms with Crippen molar-refractivity contribution in [3.05, 3.63) is 35.1 Å². The summed E-state index contributed by atoms with van der Waals surface area (Å²) in [5.41, 5.74) is 7.89. The largest absolute Gasteiger partial charge is 0.326 e. The summed E-state index contributed by atoms with van der Waals surface area (Å²) in [5, 5.41) is 0. The number of benzene rings is 1. The molecule has 0 radical (unpaired) electrons. The van der Waals surface area contributed by atoms with Gasteiger partial charge in [0.1, 0.15) is 5.82 Å². The Morgan fingerprint density at radius 2 is 1.95 bits per heavy atom. The lowest BCUT2D eigenvalue weighted by molar-refractivity contribution is 0.168. The second kappa shape index (κ2) is 7.19. The summed E-state index contributed by atoms with van der Waals surface area (Å²) < 4.78 is 13.3. The molecule has 112 valence electrons. The van der Waals surface area contributed by atoms with E-state index in [1.54, 1.807) is 12.1 Å². The molecule has 3 heteroatoms. The molecule has 1 aromatic carbocycles. The lowest BCUT2D eigenvalue weighted by Gasteiger charge is -2.31. The van der Waals surface area contributed by atoms with E-state index in [0.29, 0.717) is 18.5 Å². The van der Waals surface area contributed by atoms with Gasteiger partial charge in [-0.1, -0.05) is 32.8 Å². The molecule has 2 rings (SSSR count). The fourth-order valence-corrected chi connectivity index (χ4v) is 3.24. The third kappa shape index (κ3) is 4.03. The molecule has 20 heavy (non-hydrogen) atoms. The minimum absolute atomic E-state index is 0.189. The van der Waals surface area contributed by atoms with Gasteiger partial charge < -0.3 is 5.73 Å². The molecule has 0 bridgehead atoms. The molecule has 0 unspecified atom stereocenters. The molecule has 1 aliphatic carbocycles. The van der Waals surface area contributed by atoms with Crippen LogP contribution in [-0.4, -0.2) is 17.5 Å². The van der Waals surface area contributed by atoms with Gasteiger partial charge in [-0.3, -0.25) is 4.90 Å². The van der Waals surface area contributed by atoms with Gasteiger partial charge in [0.15, 0.2) is 0 Å². The summed E-state index contributed by atoms with van der Waals surface area (Å²) in [4.78, 5) is 2.57. The zero-order valence-corrected chi connectivity index (χ0v) is 12.7. The topological polar surface area (TPSA) is 29.3 Å². The molecule has 1 fully saturated rings. The van der Waals surface area contributed by atoms with Crippen molar-refractivity contribution in [2.24, 2.45) is 11.7 Å². The van der Waals surface area contributed by atoms with Crippen LogP contribution in [0, 0.1) is 11.7 Å². The minimum atomic E-state index is -0.189. The molecule has 0 aliphatic heterocycles. The van der Waals surface area contributed by atoms with Crippen molar-refractivity contribution in [2.45, 2.75) is 58.7 Å². The Morgan fingerprint density at radius 1 is 1.25 bits per heavy atom. The molecule has 2 nitrogen and oxygen atoms in total. The Bertz CT molecular complexity index is 425. The second-order valence-electron chi connectivity index (χ2n) is 6.38. The number of halogens is 1. The van der Waals surface area contributed by atoms with Gasteiger partial charge in [0, 0.05) is 25.7 Å². The highest BCUT2D eigenvalue weighted by molar-refractivity contribution is 5.27. The van der Waals surface area contributed by atoms with Crippen LogP contribution in [0.1, 0.15) is 50.7 Å². The Kier molecular flexibility index (Phi) is 5.55. The first-order valence-electron chi connectivity index (χ1n) is 7.81. The van der Waals surface area contributed by atoms with E-state index in [0.717, 1.165) is 18.7 Å². The molecule has 0 heterocycles. The maximum absolute atomic E-state index is 13.3. The summed E-state index contributed by atoms with van der Waals surface area (Å²) in [7, 11) is 0. The molecular formula is C17H27FN2. The lowest BCUT2D eigenvalue weighted by Crippen LogP contribution is -2.36. The fraction of sp³-hybridized carbons (Fsp3) is 0.647. The Balaban J connectivity index is 2.13. The fourth-order valence-electron chi connectivity index (χ4n) is 3.24. The number of nitrogens with two attached hydrogens (primary N) is 1. The van der Waals surface area contributed by atoms with Crippen molar-refractivity contribution < 1.29 is 4.39 Å². The Morgan fingerprint density at radius 3 is 2.55 bits per heavy atom. The van der Waals surface area contributed by atoms with Gasteiger partial charge in [0.2, 0.25) is 0 Å². The van der Waals surface area contributed by atoms with Crippen molar-refractivity contribution in [1.82, 2.24) is 4.90 Å². The van der Waals surface area contributed by atoms with Gasteiger partial charge >= 0.3 is 0 Å². The number of hydrogen-bond acceptors (Lipinski definition) is 2. The Labute approximate surface area is 122 Å². The smallest absolute Gasteiger partial charge is 0.123 e. The van der Waals surface area contributed by atoms with Crippen LogP contribution in [0.25, 0.3) is 0 Å². The first-order chi connectivity index (χ1) is 9.60. The minimum Gasteiger partial charge on any atom is -0.326 e. The third-order valence-electron chi connectivity index (χ3n) is 4.20. The first kappa shape index (κ1) is 15.5. The van der Waals surface area contributed by atoms with Crippen LogP contribution in [0.2, 0.25) is 0 Å². The van der Waals surface area contributed by atoms with E-state index in [-0.39, 0.29) is 5.82 Å². The van der Waals surface area contributed by atoms with Crippen LogP contribution in [0.4, 0.5) is 4.39 Å². The molecule has 1 aliphatic rings. The molecule has 2 N–H and O–H groups in total. The molecule has 0 amide bonds. The van der Waals surface area contributed by atoms with Crippen LogP contribution < -0.4 is 5.73 Å². The van der Waals surface area contributed by atoms with Gasteiger partial charge in [0.05, 0.1) is 0 Å². The van der Waals surface area contributed by atoms with Gasteiger partial charge in [-0.15, -0.1) is 0 Å². The summed E-state index contributed by atoms with van der Waals surface area (Å²) in [6.45, 7) is 6.93. The highest BCUT2D eigenvalue weighted by atomic mass is 19.1. The van der Waals surface area contributed by atoms with Crippen LogP contribution in [-0.2, 0) is 13.1 Å². The molecule has 0 atom stereocenters. The van der Waals surface area contributed by atoms with E-state index >= 15 is 0 Å². The van der Waals surface area contributed by atoms with E-state index in [1.807, 2.05) is 6.07 Å². The van der Waals surface area contributed by atoms with Crippen molar-refractivity contribution in [2.75, 3.05) is 6.54 Å². The van der Waals surface area contributed by atoms with E-state index in [2.05, 4.69) is 18.7 Å². The van der Waals surface area contributed by atoms with Crippen molar-refractivity contribution in [3.8, 4) is 0 Å². The number of nitrogens with zero attached hydrogens (tertiary/aromatic N) is 1. The normalized spacial score (nSPS) is 16.5. The predicted molar refractivity (Wildman–Crippen MR) is 81.8 cm³/mol. The van der Waals surface area contributed by atoms with Crippen LogP contribution in [0.3, 0.4) is 0 Å². The van der Waals surface area contributed by atoms with Crippen LogP contribution in [0.5, 0.6) is 0 Å². The van der Waals surface area contributed by atoms with Gasteiger partial charge in [0.25, 0.3) is 0 Å². The zero-order valence-electron chi connectivity index (χ0n) is 12.7. The average molecular weight is 278 g/mol. The quantitative estimate of drug-likeness (QED) is 0.860. The number of rotatable bonds is 6. The third-order valence-corrected chi connectivity index (χ3v) is 4.20. The van der Waals surface area contributed by atoms with Gasteiger partial charge in [-0.25, -0.2) is 4.39 Å². The van der Waals surface area contributed by atoms with Crippen molar-refractivity contribution >= 4 is 0 Å². The monoisotopic (exact) mass is 278 g/mol. The molecule has 0 spiro atoms. The van der Waals surface area contributed by atoms with Crippen molar-refractivity contribution in [3.63, 3.8) is 0 Å². The molecular weight excluding hydrogens is 251 g/mol.